The van der Waals surface area contributed by atoms with Gasteiger partial charge in [0.25, 0.3) is 0 Å². The molecule has 6 nitrogen and oxygen atoms in total. The highest BCUT2D eigenvalue weighted by atomic mass is 35.5. The molecule has 0 fully saturated rings. The Morgan fingerprint density at radius 2 is 1.89 bits per heavy atom. The lowest BCUT2D eigenvalue weighted by atomic mass is 10.2. The third-order valence-electron chi connectivity index (χ3n) is 2.44. The first-order chi connectivity index (χ1) is 8.97. The smallest absolute Gasteiger partial charge is 0.248 e. The van der Waals surface area contributed by atoms with Gasteiger partial charge in [-0.15, -0.1) is 0 Å². The number of amides is 1. The van der Waals surface area contributed by atoms with Crippen LogP contribution >= 0.6 is 11.6 Å². The number of carbonyl (C=O) groups is 1. The molecule has 0 spiro atoms. The Morgan fingerprint density at radius 3 is 2.47 bits per heavy atom. The molecule has 7 heteroatoms. The molecule has 98 valence electrons. The monoisotopic (exact) mass is 277 g/mol. The average molecular weight is 278 g/mol. The Hall–Kier alpha value is -2.34. The zero-order valence-corrected chi connectivity index (χ0v) is 10.9. The van der Waals surface area contributed by atoms with Crippen molar-refractivity contribution in [2.45, 2.75) is 6.92 Å². The summed E-state index contributed by atoms with van der Waals surface area (Å²) in [4.78, 5) is 19.1. The van der Waals surface area contributed by atoms with E-state index >= 15 is 0 Å². The topological polar surface area (TPSA) is 107 Å². The van der Waals surface area contributed by atoms with Crippen LogP contribution in [-0.4, -0.2) is 15.9 Å². The van der Waals surface area contributed by atoms with E-state index in [0.717, 1.165) is 0 Å². The van der Waals surface area contributed by atoms with Gasteiger partial charge >= 0.3 is 0 Å². The molecule has 1 heterocycles. The number of carbonyl (C=O) groups excluding carboxylic acids is 1. The Balaban J connectivity index is 2.28. The van der Waals surface area contributed by atoms with Crippen molar-refractivity contribution in [3.05, 3.63) is 40.8 Å². The van der Waals surface area contributed by atoms with Crippen molar-refractivity contribution in [1.82, 2.24) is 9.97 Å². The number of nitrogens with one attached hydrogen (secondary N) is 1. The molecule has 1 aromatic heterocycles. The Bertz CT molecular complexity index is 627. The van der Waals surface area contributed by atoms with Gasteiger partial charge in [0.05, 0.1) is 0 Å². The molecule has 0 saturated carbocycles. The van der Waals surface area contributed by atoms with Crippen LogP contribution in [0.2, 0.25) is 5.15 Å². The molecule has 1 amide bonds. The van der Waals surface area contributed by atoms with Gasteiger partial charge in [-0.3, -0.25) is 4.79 Å². The van der Waals surface area contributed by atoms with E-state index in [1.54, 1.807) is 31.2 Å². The first-order valence-corrected chi connectivity index (χ1v) is 5.81. The van der Waals surface area contributed by atoms with Crippen LogP contribution in [0.1, 0.15) is 16.2 Å². The molecule has 0 aliphatic heterocycles. The largest absolute Gasteiger partial charge is 0.393 e. The molecule has 2 aromatic rings. The molecule has 0 atom stereocenters. The third-order valence-corrected chi connectivity index (χ3v) is 2.73. The number of benzene rings is 1. The summed E-state index contributed by atoms with van der Waals surface area (Å²) in [5.41, 5.74) is 12.4. The van der Waals surface area contributed by atoms with Gasteiger partial charge < -0.3 is 16.8 Å². The van der Waals surface area contributed by atoms with Gasteiger partial charge in [0.15, 0.2) is 11.0 Å². The van der Waals surface area contributed by atoms with E-state index in [1.165, 1.54) is 0 Å². The zero-order chi connectivity index (χ0) is 14.0. The summed E-state index contributed by atoms with van der Waals surface area (Å²) >= 11 is 5.87. The molecule has 19 heavy (non-hydrogen) atoms. The number of primary amides is 1. The van der Waals surface area contributed by atoms with Gasteiger partial charge in [0.1, 0.15) is 11.5 Å². The van der Waals surface area contributed by atoms with E-state index < -0.39 is 5.91 Å². The number of hydrogen-bond acceptors (Lipinski definition) is 5. The van der Waals surface area contributed by atoms with E-state index in [0.29, 0.717) is 22.9 Å². The molecule has 2 rings (SSSR count). The van der Waals surface area contributed by atoms with Crippen molar-refractivity contribution in [3.8, 4) is 0 Å². The Labute approximate surface area is 114 Å². The third kappa shape index (κ3) is 2.92. The Kier molecular flexibility index (Phi) is 3.52. The number of rotatable bonds is 3. The summed E-state index contributed by atoms with van der Waals surface area (Å²) in [5, 5.41) is 3.21. The molecule has 0 unspecified atom stereocenters. The molecule has 0 aliphatic rings. The van der Waals surface area contributed by atoms with E-state index in [-0.39, 0.29) is 10.8 Å². The number of aromatic nitrogens is 2. The van der Waals surface area contributed by atoms with Crippen LogP contribution in [0, 0.1) is 6.92 Å². The summed E-state index contributed by atoms with van der Waals surface area (Å²) in [6.07, 6.45) is 0. The van der Waals surface area contributed by atoms with E-state index in [2.05, 4.69) is 15.3 Å². The van der Waals surface area contributed by atoms with Crippen LogP contribution in [0.25, 0.3) is 0 Å². The highest BCUT2D eigenvalue weighted by Gasteiger charge is 2.08. The predicted octanol–water partition coefficient (Wildman–Crippen LogP) is 1.86. The van der Waals surface area contributed by atoms with Crippen LogP contribution in [0.15, 0.2) is 24.3 Å². The van der Waals surface area contributed by atoms with Gasteiger partial charge in [-0.05, 0) is 31.2 Å². The van der Waals surface area contributed by atoms with Crippen LogP contribution < -0.4 is 16.8 Å². The van der Waals surface area contributed by atoms with Crippen LogP contribution in [0.3, 0.4) is 0 Å². The number of anilines is 3. The summed E-state index contributed by atoms with van der Waals surface area (Å²) < 4.78 is 0. The average Bonchev–Trinajstić information content (AvgIpc) is 2.36. The number of hydrogen-bond donors (Lipinski definition) is 3. The maximum atomic E-state index is 11.0. The number of nitrogens with two attached hydrogens (primary N) is 2. The van der Waals surface area contributed by atoms with Gasteiger partial charge in [-0.25, -0.2) is 9.97 Å². The van der Waals surface area contributed by atoms with E-state index in [9.17, 15) is 4.79 Å². The first kappa shape index (κ1) is 13.1. The number of nitrogen functional groups attached to an aromatic ring is 1. The lowest BCUT2D eigenvalue weighted by molar-refractivity contribution is 0.100. The number of nitrogens with zero attached hydrogens (tertiary/aromatic N) is 2. The number of halogens is 1. The lowest BCUT2D eigenvalue weighted by Crippen LogP contribution is -2.10. The maximum Gasteiger partial charge on any atom is 0.248 e. The van der Waals surface area contributed by atoms with Crippen molar-refractivity contribution in [2.24, 2.45) is 5.73 Å². The van der Waals surface area contributed by atoms with Crippen molar-refractivity contribution in [1.29, 1.82) is 0 Å². The molecular weight excluding hydrogens is 266 g/mol. The Morgan fingerprint density at radius 1 is 1.26 bits per heavy atom. The van der Waals surface area contributed by atoms with Gasteiger partial charge in [-0.1, -0.05) is 11.6 Å². The van der Waals surface area contributed by atoms with Gasteiger partial charge in [-0.2, -0.15) is 0 Å². The summed E-state index contributed by atoms with van der Waals surface area (Å²) in [5.74, 6) is 0.451. The standard InChI is InChI=1S/C12H12ClN5O/c1-6-16-10(13)9(14)12(17-6)18-8-4-2-7(3-5-8)11(15)19/h2-5H,14H2,1H3,(H2,15,19)(H,16,17,18). The maximum absolute atomic E-state index is 11.0. The fourth-order valence-corrected chi connectivity index (χ4v) is 1.71. The van der Waals surface area contributed by atoms with Crippen LogP contribution in [0.4, 0.5) is 17.2 Å². The molecule has 0 aliphatic carbocycles. The van der Waals surface area contributed by atoms with E-state index in [1.807, 2.05) is 0 Å². The van der Waals surface area contributed by atoms with Crippen molar-refractivity contribution in [3.63, 3.8) is 0 Å². The highest BCUT2D eigenvalue weighted by molar-refractivity contribution is 6.32. The SMILES string of the molecule is Cc1nc(Cl)c(N)c(Nc2ccc(C(N)=O)cc2)n1. The second-order valence-corrected chi connectivity index (χ2v) is 4.25. The summed E-state index contributed by atoms with van der Waals surface area (Å²) in [6, 6.07) is 6.61. The molecule has 0 radical (unpaired) electrons. The van der Waals surface area contributed by atoms with Crippen molar-refractivity contribution in [2.75, 3.05) is 11.1 Å². The minimum atomic E-state index is -0.480. The second kappa shape index (κ2) is 5.11. The molecule has 1 aromatic carbocycles. The number of aryl methyl sites for hydroxylation is 1. The summed E-state index contributed by atoms with van der Waals surface area (Å²) in [7, 11) is 0. The fourth-order valence-electron chi connectivity index (χ4n) is 1.50. The zero-order valence-electron chi connectivity index (χ0n) is 10.1. The van der Waals surface area contributed by atoms with Crippen LogP contribution in [-0.2, 0) is 0 Å². The normalized spacial score (nSPS) is 10.2. The quantitative estimate of drug-likeness (QED) is 0.742. The minimum Gasteiger partial charge on any atom is -0.393 e. The molecule has 5 N–H and O–H groups in total. The molecule has 0 saturated heterocycles. The molecule has 0 bridgehead atoms. The lowest BCUT2D eigenvalue weighted by Gasteiger charge is -2.10. The van der Waals surface area contributed by atoms with Gasteiger partial charge in [0, 0.05) is 11.3 Å². The second-order valence-electron chi connectivity index (χ2n) is 3.89. The van der Waals surface area contributed by atoms with Crippen LogP contribution in [0.5, 0.6) is 0 Å². The van der Waals surface area contributed by atoms with E-state index in [4.69, 9.17) is 23.1 Å². The summed E-state index contributed by atoms with van der Waals surface area (Å²) in [6.45, 7) is 1.71. The fraction of sp³-hybridized carbons (Fsp3) is 0.0833. The predicted molar refractivity (Wildman–Crippen MR) is 74.4 cm³/mol. The van der Waals surface area contributed by atoms with Crippen molar-refractivity contribution >= 4 is 34.7 Å². The highest BCUT2D eigenvalue weighted by Crippen LogP contribution is 2.26. The first-order valence-electron chi connectivity index (χ1n) is 5.44. The van der Waals surface area contributed by atoms with Crippen molar-refractivity contribution < 1.29 is 4.79 Å². The molecular formula is C12H12ClN5O. The van der Waals surface area contributed by atoms with Gasteiger partial charge in [0.2, 0.25) is 5.91 Å². The minimum absolute atomic E-state index is 0.198.